The number of anilines is 1. The fourth-order valence-corrected chi connectivity index (χ4v) is 1.62. The molecule has 86 valence electrons. The summed E-state index contributed by atoms with van der Waals surface area (Å²) < 4.78 is 0. The fraction of sp³-hybridized carbons (Fsp3) is 0.429. The van der Waals surface area contributed by atoms with Gasteiger partial charge >= 0.3 is 0 Å². The number of nitrogens with one attached hydrogen (secondary N) is 1. The van der Waals surface area contributed by atoms with Crippen molar-refractivity contribution in [2.24, 2.45) is 0 Å². The highest BCUT2D eigenvalue weighted by Gasteiger charge is 1.98. The number of hydrogen-bond acceptors (Lipinski definition) is 2. The molecule has 1 aromatic carbocycles. The second-order valence-electron chi connectivity index (χ2n) is 3.68. The van der Waals surface area contributed by atoms with E-state index in [-0.39, 0.29) is 0 Å². The Labute approximate surface area is 98.7 Å². The lowest BCUT2D eigenvalue weighted by molar-refractivity contribution is 0.316. The number of rotatable bonds is 6. The molecule has 0 aromatic heterocycles. The van der Waals surface area contributed by atoms with Gasteiger partial charge in [0.2, 0.25) is 0 Å². The summed E-state index contributed by atoms with van der Waals surface area (Å²) in [7, 11) is 0. The lowest BCUT2D eigenvalue weighted by Gasteiger charge is -2.18. The molecule has 0 atom stereocenters. The molecular weight excluding hydrogens is 196 g/mol. The van der Waals surface area contributed by atoms with E-state index in [1.165, 1.54) is 0 Å². The minimum Gasteiger partial charge on any atom is -0.384 e. The van der Waals surface area contributed by atoms with Crippen LogP contribution in [0.2, 0.25) is 0 Å². The van der Waals surface area contributed by atoms with Crippen LogP contribution in [0.1, 0.15) is 19.4 Å². The van der Waals surface area contributed by atoms with Gasteiger partial charge in [-0.3, -0.25) is 0 Å². The Morgan fingerprint density at radius 2 is 2.06 bits per heavy atom. The van der Waals surface area contributed by atoms with Gasteiger partial charge < -0.3 is 10.2 Å². The maximum atomic E-state index is 5.35. The second-order valence-corrected chi connectivity index (χ2v) is 3.68. The Morgan fingerprint density at radius 1 is 1.31 bits per heavy atom. The summed E-state index contributed by atoms with van der Waals surface area (Å²) in [6, 6.07) is 7.97. The normalized spacial score (nSPS) is 10.1. The average molecular weight is 216 g/mol. The molecule has 2 nitrogen and oxygen atoms in total. The molecule has 0 unspecified atom stereocenters. The van der Waals surface area contributed by atoms with Crippen LogP contribution in [0.15, 0.2) is 24.3 Å². The molecule has 0 aliphatic rings. The molecule has 1 rings (SSSR count). The number of terminal acetylenes is 1. The van der Waals surface area contributed by atoms with E-state index in [9.17, 15) is 0 Å². The zero-order valence-corrected chi connectivity index (χ0v) is 10.2. The molecule has 1 N–H and O–H groups in total. The van der Waals surface area contributed by atoms with E-state index < -0.39 is 0 Å². The van der Waals surface area contributed by atoms with Crippen LogP contribution in [-0.4, -0.2) is 31.1 Å². The zero-order chi connectivity index (χ0) is 11.8. The van der Waals surface area contributed by atoms with Crippen molar-refractivity contribution in [1.82, 2.24) is 4.90 Å². The standard InChI is InChI=1S/C14H20N2/c1-4-13-8-7-9-14(12-13)15-10-11-16(5-2)6-3/h1,7-9,12,15H,5-6,10-11H2,2-3H3. The van der Waals surface area contributed by atoms with Crippen molar-refractivity contribution in [2.45, 2.75) is 13.8 Å². The SMILES string of the molecule is C#Cc1cccc(NCCN(CC)CC)c1. The second kappa shape index (κ2) is 6.92. The lowest BCUT2D eigenvalue weighted by Crippen LogP contribution is -2.28. The van der Waals surface area contributed by atoms with Crippen molar-refractivity contribution < 1.29 is 0 Å². The molecule has 1 aromatic rings. The molecule has 0 radical (unpaired) electrons. The van der Waals surface area contributed by atoms with E-state index in [4.69, 9.17) is 6.42 Å². The maximum Gasteiger partial charge on any atom is 0.0353 e. The number of benzene rings is 1. The first-order valence-corrected chi connectivity index (χ1v) is 5.83. The Balaban J connectivity index is 2.40. The molecule has 0 amide bonds. The van der Waals surface area contributed by atoms with E-state index in [1.54, 1.807) is 0 Å². The zero-order valence-electron chi connectivity index (χ0n) is 10.2. The summed E-state index contributed by atoms with van der Waals surface area (Å²) >= 11 is 0. The highest BCUT2D eigenvalue weighted by molar-refractivity contribution is 5.49. The third-order valence-corrected chi connectivity index (χ3v) is 2.68. The monoisotopic (exact) mass is 216 g/mol. The van der Waals surface area contributed by atoms with E-state index in [1.807, 2.05) is 24.3 Å². The Bertz CT molecular complexity index is 348. The van der Waals surface area contributed by atoms with Gasteiger partial charge in [0.05, 0.1) is 0 Å². The van der Waals surface area contributed by atoms with Gasteiger partial charge in [-0.1, -0.05) is 25.8 Å². The Kier molecular flexibility index (Phi) is 5.45. The largest absolute Gasteiger partial charge is 0.384 e. The predicted molar refractivity (Wildman–Crippen MR) is 70.7 cm³/mol. The first kappa shape index (κ1) is 12.6. The molecule has 0 fully saturated rings. The number of likely N-dealkylation sites (N-methyl/N-ethyl adjacent to an activating group) is 1. The third-order valence-electron chi connectivity index (χ3n) is 2.68. The van der Waals surface area contributed by atoms with Gasteiger partial charge in [0.1, 0.15) is 0 Å². The van der Waals surface area contributed by atoms with Crippen LogP contribution in [-0.2, 0) is 0 Å². The van der Waals surface area contributed by atoms with Crippen LogP contribution in [0.3, 0.4) is 0 Å². The van der Waals surface area contributed by atoms with E-state index in [0.717, 1.165) is 37.4 Å². The third kappa shape index (κ3) is 3.96. The van der Waals surface area contributed by atoms with Gasteiger partial charge in [0.25, 0.3) is 0 Å². The van der Waals surface area contributed by atoms with Crippen LogP contribution in [0.25, 0.3) is 0 Å². The smallest absolute Gasteiger partial charge is 0.0353 e. The molecule has 0 aliphatic carbocycles. The molecule has 0 saturated heterocycles. The molecule has 0 bridgehead atoms. The highest BCUT2D eigenvalue weighted by atomic mass is 15.1. The average Bonchev–Trinajstić information content (AvgIpc) is 2.35. The molecule has 0 spiro atoms. The van der Waals surface area contributed by atoms with Gasteiger partial charge in [-0.2, -0.15) is 0 Å². The van der Waals surface area contributed by atoms with Crippen LogP contribution in [0, 0.1) is 12.3 Å². The maximum absolute atomic E-state index is 5.35. The van der Waals surface area contributed by atoms with Crippen molar-refractivity contribution in [3.63, 3.8) is 0 Å². The summed E-state index contributed by atoms with van der Waals surface area (Å²) in [5.74, 6) is 2.64. The summed E-state index contributed by atoms with van der Waals surface area (Å²) in [6.45, 7) is 8.58. The summed E-state index contributed by atoms with van der Waals surface area (Å²) in [5, 5.41) is 3.38. The predicted octanol–water partition coefficient (Wildman–Crippen LogP) is 2.42. The Morgan fingerprint density at radius 3 is 2.69 bits per heavy atom. The van der Waals surface area contributed by atoms with E-state index in [0.29, 0.717) is 0 Å². The summed E-state index contributed by atoms with van der Waals surface area (Å²) in [6.07, 6.45) is 5.35. The topological polar surface area (TPSA) is 15.3 Å². The van der Waals surface area contributed by atoms with Crippen molar-refractivity contribution in [1.29, 1.82) is 0 Å². The summed E-state index contributed by atoms with van der Waals surface area (Å²) in [4.78, 5) is 2.39. The van der Waals surface area contributed by atoms with E-state index >= 15 is 0 Å². The van der Waals surface area contributed by atoms with Crippen molar-refractivity contribution in [3.8, 4) is 12.3 Å². The molecule has 0 saturated carbocycles. The first-order chi connectivity index (χ1) is 7.80. The van der Waals surface area contributed by atoms with Gasteiger partial charge in [-0.15, -0.1) is 6.42 Å². The first-order valence-electron chi connectivity index (χ1n) is 5.83. The minimum atomic E-state index is 0.924. The van der Waals surface area contributed by atoms with Crippen molar-refractivity contribution in [2.75, 3.05) is 31.5 Å². The highest BCUT2D eigenvalue weighted by Crippen LogP contribution is 2.09. The van der Waals surface area contributed by atoms with E-state index in [2.05, 4.69) is 30.0 Å². The van der Waals surface area contributed by atoms with Crippen LogP contribution in [0.4, 0.5) is 5.69 Å². The van der Waals surface area contributed by atoms with Crippen LogP contribution < -0.4 is 5.32 Å². The lowest BCUT2D eigenvalue weighted by atomic mass is 10.2. The van der Waals surface area contributed by atoms with Gasteiger partial charge in [0, 0.05) is 24.3 Å². The quantitative estimate of drug-likeness (QED) is 0.735. The van der Waals surface area contributed by atoms with Crippen LogP contribution >= 0.6 is 0 Å². The molecule has 2 heteroatoms. The Hall–Kier alpha value is -1.46. The molecular formula is C14H20N2. The van der Waals surface area contributed by atoms with Crippen LogP contribution in [0.5, 0.6) is 0 Å². The fourth-order valence-electron chi connectivity index (χ4n) is 1.62. The van der Waals surface area contributed by atoms with Gasteiger partial charge in [0.15, 0.2) is 0 Å². The van der Waals surface area contributed by atoms with Crippen molar-refractivity contribution in [3.05, 3.63) is 29.8 Å². The van der Waals surface area contributed by atoms with Gasteiger partial charge in [-0.05, 0) is 31.3 Å². The molecule has 0 heterocycles. The minimum absolute atomic E-state index is 0.924. The molecule has 16 heavy (non-hydrogen) atoms. The molecule has 0 aliphatic heterocycles. The number of hydrogen-bond donors (Lipinski definition) is 1. The van der Waals surface area contributed by atoms with Crippen molar-refractivity contribution >= 4 is 5.69 Å². The summed E-state index contributed by atoms with van der Waals surface area (Å²) in [5.41, 5.74) is 2.02. The van der Waals surface area contributed by atoms with Gasteiger partial charge in [-0.25, -0.2) is 0 Å². The number of nitrogens with zero attached hydrogens (tertiary/aromatic N) is 1.